The van der Waals surface area contributed by atoms with Gasteiger partial charge in [0.2, 0.25) is 0 Å². The molecule has 2 aliphatic rings. The molecule has 0 radical (unpaired) electrons. The summed E-state index contributed by atoms with van der Waals surface area (Å²) in [7, 11) is 0. The van der Waals surface area contributed by atoms with Gasteiger partial charge >= 0.3 is 0 Å². The van der Waals surface area contributed by atoms with Gasteiger partial charge in [0.15, 0.2) is 0 Å². The SMILES string of the molecule is C1=CC2c3ccccc3N(c3ccc(-c4ccc(N(c5ccccc5-c5ccccc5)c5ccc(-c6cccc7ccccc67)c6ccccc56)cc4-c4ccccc4)cc3)C2C=C1. The summed E-state index contributed by atoms with van der Waals surface area (Å²) in [5, 5.41) is 4.89. The Morgan fingerprint density at radius 3 is 1.78 bits per heavy atom. The van der Waals surface area contributed by atoms with Crippen LogP contribution >= 0.6 is 0 Å². The molecule has 10 aromatic rings. The molecule has 302 valence electrons. The highest BCUT2D eigenvalue weighted by Crippen LogP contribution is 2.50. The van der Waals surface area contributed by atoms with Crippen LogP contribution in [0, 0.1) is 0 Å². The zero-order chi connectivity index (χ0) is 42.4. The third-order valence-corrected chi connectivity index (χ3v) is 13.2. The van der Waals surface area contributed by atoms with E-state index in [1.54, 1.807) is 0 Å². The molecule has 0 N–H and O–H groups in total. The molecule has 1 heterocycles. The zero-order valence-electron chi connectivity index (χ0n) is 35.3. The van der Waals surface area contributed by atoms with E-state index in [1.165, 1.54) is 83.0 Å². The highest BCUT2D eigenvalue weighted by atomic mass is 15.2. The van der Waals surface area contributed by atoms with Crippen molar-refractivity contribution in [3.63, 3.8) is 0 Å². The fraction of sp³-hybridized carbons (Fsp3) is 0.0323. The molecule has 0 saturated carbocycles. The molecule has 0 spiro atoms. The van der Waals surface area contributed by atoms with Crippen LogP contribution < -0.4 is 9.80 Å². The number of rotatable bonds is 8. The monoisotopic (exact) mass is 816 g/mol. The first-order valence-electron chi connectivity index (χ1n) is 22.3. The van der Waals surface area contributed by atoms with Crippen LogP contribution in [0.4, 0.5) is 28.4 Å². The predicted molar refractivity (Wildman–Crippen MR) is 271 cm³/mol. The van der Waals surface area contributed by atoms with E-state index < -0.39 is 0 Å². The van der Waals surface area contributed by atoms with Crippen molar-refractivity contribution < 1.29 is 0 Å². The van der Waals surface area contributed by atoms with E-state index in [9.17, 15) is 0 Å². The van der Waals surface area contributed by atoms with E-state index in [2.05, 4.69) is 265 Å². The lowest BCUT2D eigenvalue weighted by atomic mass is 9.91. The van der Waals surface area contributed by atoms with Crippen LogP contribution in [0.15, 0.2) is 255 Å². The van der Waals surface area contributed by atoms with Gasteiger partial charge in [-0.2, -0.15) is 0 Å². The van der Waals surface area contributed by atoms with Gasteiger partial charge in [0, 0.05) is 33.9 Å². The van der Waals surface area contributed by atoms with E-state index in [4.69, 9.17) is 0 Å². The van der Waals surface area contributed by atoms with Gasteiger partial charge in [-0.25, -0.2) is 0 Å². The van der Waals surface area contributed by atoms with E-state index >= 15 is 0 Å². The number of allylic oxidation sites excluding steroid dienone is 2. The van der Waals surface area contributed by atoms with Gasteiger partial charge in [0.25, 0.3) is 0 Å². The molecular formula is C62H44N2. The maximum absolute atomic E-state index is 2.50. The fourth-order valence-corrected chi connectivity index (χ4v) is 10.3. The third kappa shape index (κ3) is 6.42. The van der Waals surface area contributed by atoms with Crippen molar-refractivity contribution in [3.8, 4) is 44.5 Å². The summed E-state index contributed by atoms with van der Waals surface area (Å²) in [5.41, 5.74) is 16.7. The molecule has 2 heteroatoms. The quantitative estimate of drug-likeness (QED) is 0.151. The summed E-state index contributed by atoms with van der Waals surface area (Å²) >= 11 is 0. The Hall–Kier alpha value is -8.20. The summed E-state index contributed by atoms with van der Waals surface area (Å²) in [6.07, 6.45) is 9.05. The van der Waals surface area contributed by atoms with Gasteiger partial charge in [-0.3, -0.25) is 0 Å². The van der Waals surface area contributed by atoms with E-state index in [1.807, 2.05) is 0 Å². The first-order valence-corrected chi connectivity index (χ1v) is 22.3. The largest absolute Gasteiger partial charge is 0.333 e. The maximum Gasteiger partial charge on any atom is 0.0629 e. The Bertz CT molecular complexity index is 3400. The Morgan fingerprint density at radius 2 is 0.953 bits per heavy atom. The van der Waals surface area contributed by atoms with E-state index in [0.717, 1.165) is 17.1 Å². The number of benzene rings is 10. The lowest BCUT2D eigenvalue weighted by Gasteiger charge is -2.30. The molecule has 0 amide bonds. The number of nitrogens with zero attached hydrogens (tertiary/aromatic N) is 2. The van der Waals surface area contributed by atoms with Crippen LogP contribution in [0.1, 0.15) is 11.5 Å². The van der Waals surface area contributed by atoms with Crippen LogP contribution in [0.2, 0.25) is 0 Å². The van der Waals surface area contributed by atoms with Crippen LogP contribution in [-0.2, 0) is 0 Å². The summed E-state index contributed by atoms with van der Waals surface area (Å²) in [6.45, 7) is 0. The maximum atomic E-state index is 2.50. The number of hydrogen-bond acceptors (Lipinski definition) is 2. The molecule has 2 atom stereocenters. The Balaban J connectivity index is 1.04. The van der Waals surface area contributed by atoms with Crippen LogP contribution in [0.25, 0.3) is 66.1 Å². The number of anilines is 5. The van der Waals surface area contributed by atoms with E-state index in [-0.39, 0.29) is 6.04 Å². The van der Waals surface area contributed by atoms with Crippen molar-refractivity contribution in [3.05, 3.63) is 260 Å². The highest BCUT2D eigenvalue weighted by Gasteiger charge is 2.37. The van der Waals surface area contributed by atoms with Gasteiger partial charge in [-0.15, -0.1) is 0 Å². The lowest BCUT2D eigenvalue weighted by molar-refractivity contribution is 0.745. The second-order valence-corrected chi connectivity index (χ2v) is 16.8. The van der Waals surface area contributed by atoms with Gasteiger partial charge in [-0.05, 0) is 103 Å². The minimum absolute atomic E-state index is 0.259. The summed E-state index contributed by atoms with van der Waals surface area (Å²) in [5.74, 6) is 0.347. The molecule has 2 unspecified atom stereocenters. The summed E-state index contributed by atoms with van der Waals surface area (Å²) < 4.78 is 0. The normalized spacial score (nSPS) is 15.0. The summed E-state index contributed by atoms with van der Waals surface area (Å²) in [6, 6.07) is 84.7. The van der Waals surface area contributed by atoms with Crippen molar-refractivity contribution in [1.82, 2.24) is 0 Å². The molecule has 1 aliphatic heterocycles. The molecule has 0 fully saturated rings. The Labute approximate surface area is 375 Å². The van der Waals surface area contributed by atoms with Crippen LogP contribution in [0.3, 0.4) is 0 Å². The Kier molecular flexibility index (Phi) is 9.34. The lowest BCUT2D eigenvalue weighted by Crippen LogP contribution is -2.28. The average Bonchev–Trinajstić information content (AvgIpc) is 3.71. The molecule has 12 rings (SSSR count). The van der Waals surface area contributed by atoms with Crippen LogP contribution in [0.5, 0.6) is 0 Å². The minimum atomic E-state index is 0.259. The average molecular weight is 817 g/mol. The standard InChI is InChI=1S/C62H44N2/c1-3-18-44(19-4-1)51-25-11-14-31-59(51)64(62-41-40-54(53-26-9-10-27-55(53)62)52-30-17-23-43-22-7-8-24-49(43)52)48-38-39-50(58(42-48)45-20-5-2-6-21-45)46-34-36-47(37-35-46)63-60-32-15-12-28-56(60)57-29-13-16-33-61(57)63/h1-42,56,60H. The molecular weight excluding hydrogens is 773 g/mol. The second kappa shape index (κ2) is 15.9. The Morgan fingerprint density at radius 1 is 0.359 bits per heavy atom. The van der Waals surface area contributed by atoms with Crippen molar-refractivity contribution in [2.75, 3.05) is 9.80 Å². The topological polar surface area (TPSA) is 6.48 Å². The van der Waals surface area contributed by atoms with Crippen molar-refractivity contribution >= 4 is 50.0 Å². The van der Waals surface area contributed by atoms with Gasteiger partial charge < -0.3 is 9.80 Å². The molecule has 0 bridgehead atoms. The van der Waals surface area contributed by atoms with Crippen molar-refractivity contribution in [2.24, 2.45) is 0 Å². The van der Waals surface area contributed by atoms with Gasteiger partial charge in [0.1, 0.15) is 0 Å². The molecule has 0 saturated heterocycles. The number of hydrogen-bond donors (Lipinski definition) is 0. The van der Waals surface area contributed by atoms with Gasteiger partial charge in [0.05, 0.1) is 17.4 Å². The zero-order valence-corrected chi connectivity index (χ0v) is 35.3. The molecule has 1 aliphatic carbocycles. The summed E-state index contributed by atoms with van der Waals surface area (Å²) in [4.78, 5) is 4.98. The van der Waals surface area contributed by atoms with Crippen molar-refractivity contribution in [2.45, 2.75) is 12.0 Å². The number of fused-ring (bicyclic) bond motifs is 5. The van der Waals surface area contributed by atoms with Gasteiger partial charge in [-0.1, -0.05) is 212 Å². The molecule has 0 aromatic heterocycles. The smallest absolute Gasteiger partial charge is 0.0629 e. The fourth-order valence-electron chi connectivity index (χ4n) is 10.3. The molecule has 10 aromatic carbocycles. The van der Waals surface area contributed by atoms with Crippen molar-refractivity contribution in [1.29, 1.82) is 0 Å². The highest BCUT2D eigenvalue weighted by molar-refractivity contribution is 6.11. The predicted octanol–water partition coefficient (Wildman–Crippen LogP) is 16.9. The first kappa shape index (κ1) is 37.6. The minimum Gasteiger partial charge on any atom is -0.333 e. The number of para-hydroxylation sites is 2. The molecule has 64 heavy (non-hydrogen) atoms. The van der Waals surface area contributed by atoms with E-state index in [0.29, 0.717) is 5.92 Å². The third-order valence-electron chi connectivity index (χ3n) is 13.2. The molecule has 2 nitrogen and oxygen atoms in total. The first-order chi connectivity index (χ1) is 31.8. The van der Waals surface area contributed by atoms with Crippen LogP contribution in [-0.4, -0.2) is 6.04 Å². The second-order valence-electron chi connectivity index (χ2n) is 16.8.